The van der Waals surface area contributed by atoms with Gasteiger partial charge in [0.05, 0.1) is 13.2 Å². The number of carbonyl (C=O) groups excluding carboxylic acids is 1. The molecule has 1 aromatic carbocycles. The first-order chi connectivity index (χ1) is 6.76. The monoisotopic (exact) mass is 192 g/mol. The Morgan fingerprint density at radius 3 is 2.36 bits per heavy atom. The minimum absolute atomic E-state index is 0.0859. The molecule has 2 rings (SSSR count). The molecular formula is C11H12O3. The zero-order valence-corrected chi connectivity index (χ0v) is 7.79. The Bertz CT molecular complexity index is 382. The Balaban J connectivity index is 2.54. The average Bonchev–Trinajstić information content (AvgIpc) is 2.58. The number of aliphatic hydroxyl groups is 2. The van der Waals surface area contributed by atoms with E-state index in [0.717, 1.165) is 17.5 Å². The highest BCUT2D eigenvalue weighted by atomic mass is 16.3. The van der Waals surface area contributed by atoms with Crippen LogP contribution in [0.5, 0.6) is 0 Å². The third-order valence-corrected chi connectivity index (χ3v) is 2.69. The van der Waals surface area contributed by atoms with E-state index in [-0.39, 0.29) is 19.0 Å². The van der Waals surface area contributed by atoms with Gasteiger partial charge >= 0.3 is 0 Å². The molecule has 0 unspecified atom stereocenters. The normalized spacial score (nSPS) is 14.6. The van der Waals surface area contributed by atoms with Crippen LogP contribution in [0, 0.1) is 0 Å². The molecule has 74 valence electrons. The summed E-state index contributed by atoms with van der Waals surface area (Å²) < 4.78 is 0. The van der Waals surface area contributed by atoms with Crippen LogP contribution in [0.2, 0.25) is 0 Å². The highest BCUT2D eigenvalue weighted by Crippen LogP contribution is 2.25. The number of Topliss-reactive ketones (excluding diaryl/α,β-unsaturated/α-hetero) is 1. The van der Waals surface area contributed by atoms with E-state index in [1.54, 1.807) is 6.07 Å². The zero-order valence-electron chi connectivity index (χ0n) is 7.79. The van der Waals surface area contributed by atoms with E-state index in [2.05, 4.69) is 0 Å². The van der Waals surface area contributed by atoms with E-state index in [4.69, 9.17) is 10.2 Å². The lowest BCUT2D eigenvalue weighted by atomic mass is 10.0. The van der Waals surface area contributed by atoms with Crippen molar-refractivity contribution in [2.75, 3.05) is 0 Å². The smallest absolute Gasteiger partial charge is 0.163 e. The van der Waals surface area contributed by atoms with E-state index in [9.17, 15) is 4.79 Å². The first-order valence-corrected chi connectivity index (χ1v) is 4.66. The van der Waals surface area contributed by atoms with Crippen molar-refractivity contribution < 1.29 is 15.0 Å². The van der Waals surface area contributed by atoms with Gasteiger partial charge in [0.15, 0.2) is 5.78 Å². The second-order valence-corrected chi connectivity index (χ2v) is 3.52. The number of rotatable bonds is 2. The van der Waals surface area contributed by atoms with E-state index in [0.29, 0.717) is 17.5 Å². The summed E-state index contributed by atoms with van der Waals surface area (Å²) in [5, 5.41) is 18.1. The molecule has 0 aromatic heterocycles. The summed E-state index contributed by atoms with van der Waals surface area (Å²) in [6, 6.07) is 3.53. The standard InChI is InChI=1S/C11H12O3/c12-5-8-3-7-1-2-11(14)10(7)4-9(8)6-13/h3-4,12-13H,1-2,5-6H2. The quantitative estimate of drug-likeness (QED) is 0.728. The fraction of sp³-hybridized carbons (Fsp3) is 0.364. The van der Waals surface area contributed by atoms with Crippen molar-refractivity contribution in [2.45, 2.75) is 26.1 Å². The van der Waals surface area contributed by atoms with E-state index >= 15 is 0 Å². The number of hydrogen-bond acceptors (Lipinski definition) is 3. The fourth-order valence-electron chi connectivity index (χ4n) is 1.88. The van der Waals surface area contributed by atoms with Crippen LogP contribution in [0.15, 0.2) is 12.1 Å². The summed E-state index contributed by atoms with van der Waals surface area (Å²) in [6.07, 6.45) is 1.31. The lowest BCUT2D eigenvalue weighted by molar-refractivity contribution is 0.0994. The van der Waals surface area contributed by atoms with Gasteiger partial charge in [0, 0.05) is 12.0 Å². The second-order valence-electron chi connectivity index (χ2n) is 3.52. The van der Waals surface area contributed by atoms with Gasteiger partial charge in [-0.1, -0.05) is 6.07 Å². The van der Waals surface area contributed by atoms with Gasteiger partial charge < -0.3 is 10.2 Å². The van der Waals surface area contributed by atoms with Crippen LogP contribution in [-0.4, -0.2) is 16.0 Å². The summed E-state index contributed by atoms with van der Waals surface area (Å²) in [5.41, 5.74) is 3.09. The summed E-state index contributed by atoms with van der Waals surface area (Å²) in [5.74, 6) is 0.138. The van der Waals surface area contributed by atoms with Crippen LogP contribution < -0.4 is 0 Å². The zero-order chi connectivity index (χ0) is 10.1. The minimum atomic E-state index is -0.129. The van der Waals surface area contributed by atoms with Gasteiger partial charge in [-0.2, -0.15) is 0 Å². The number of aryl methyl sites for hydroxylation is 1. The van der Waals surface area contributed by atoms with Crippen LogP contribution in [0.4, 0.5) is 0 Å². The van der Waals surface area contributed by atoms with Crippen molar-refractivity contribution >= 4 is 5.78 Å². The maximum atomic E-state index is 11.4. The minimum Gasteiger partial charge on any atom is -0.392 e. The Hall–Kier alpha value is -1.19. The first-order valence-electron chi connectivity index (χ1n) is 4.66. The molecule has 0 aliphatic heterocycles. The molecule has 3 heteroatoms. The van der Waals surface area contributed by atoms with Gasteiger partial charge in [-0.05, 0) is 29.2 Å². The fourth-order valence-corrected chi connectivity index (χ4v) is 1.88. The maximum Gasteiger partial charge on any atom is 0.163 e. The van der Waals surface area contributed by atoms with Gasteiger partial charge in [-0.15, -0.1) is 0 Å². The molecule has 0 bridgehead atoms. The van der Waals surface area contributed by atoms with Crippen molar-refractivity contribution in [3.8, 4) is 0 Å². The van der Waals surface area contributed by atoms with Crippen molar-refractivity contribution in [3.05, 3.63) is 34.4 Å². The Morgan fingerprint density at radius 1 is 1.07 bits per heavy atom. The Morgan fingerprint density at radius 2 is 1.71 bits per heavy atom. The summed E-state index contributed by atoms with van der Waals surface area (Å²) >= 11 is 0. The molecule has 1 aromatic rings. The van der Waals surface area contributed by atoms with Crippen molar-refractivity contribution in [1.29, 1.82) is 0 Å². The van der Waals surface area contributed by atoms with E-state index in [1.807, 2.05) is 6.07 Å². The molecule has 3 nitrogen and oxygen atoms in total. The molecule has 0 heterocycles. The lowest BCUT2D eigenvalue weighted by Crippen LogP contribution is -1.99. The molecule has 0 atom stereocenters. The van der Waals surface area contributed by atoms with E-state index in [1.165, 1.54) is 0 Å². The molecule has 1 aliphatic rings. The number of hydrogen-bond donors (Lipinski definition) is 2. The van der Waals surface area contributed by atoms with E-state index < -0.39 is 0 Å². The predicted octanol–water partition coefficient (Wildman–Crippen LogP) is 0.800. The first kappa shape index (κ1) is 9.37. The Kier molecular flexibility index (Phi) is 2.35. The highest BCUT2D eigenvalue weighted by Gasteiger charge is 2.20. The number of fused-ring (bicyclic) bond motifs is 1. The Labute approximate surface area is 82.0 Å². The van der Waals surface area contributed by atoms with Crippen LogP contribution >= 0.6 is 0 Å². The van der Waals surface area contributed by atoms with Crippen molar-refractivity contribution in [1.82, 2.24) is 0 Å². The van der Waals surface area contributed by atoms with Crippen molar-refractivity contribution in [2.24, 2.45) is 0 Å². The number of carbonyl (C=O) groups is 1. The van der Waals surface area contributed by atoms with Crippen LogP contribution in [0.3, 0.4) is 0 Å². The van der Waals surface area contributed by atoms with Gasteiger partial charge in [-0.25, -0.2) is 0 Å². The van der Waals surface area contributed by atoms with Crippen LogP contribution in [0.25, 0.3) is 0 Å². The molecule has 0 spiro atoms. The molecular weight excluding hydrogens is 180 g/mol. The second kappa shape index (κ2) is 3.52. The predicted molar refractivity (Wildman–Crippen MR) is 50.9 cm³/mol. The molecule has 0 amide bonds. The third-order valence-electron chi connectivity index (χ3n) is 2.69. The van der Waals surface area contributed by atoms with Gasteiger partial charge in [0.25, 0.3) is 0 Å². The molecule has 0 fully saturated rings. The maximum absolute atomic E-state index is 11.4. The van der Waals surface area contributed by atoms with Gasteiger partial charge in [-0.3, -0.25) is 4.79 Å². The molecule has 14 heavy (non-hydrogen) atoms. The molecule has 1 aliphatic carbocycles. The highest BCUT2D eigenvalue weighted by molar-refractivity contribution is 6.00. The number of ketones is 1. The molecule has 0 saturated carbocycles. The van der Waals surface area contributed by atoms with Crippen LogP contribution in [0.1, 0.15) is 33.5 Å². The SMILES string of the molecule is O=C1CCc2cc(CO)c(CO)cc21. The summed E-state index contributed by atoms with van der Waals surface area (Å²) in [6.45, 7) is -0.214. The largest absolute Gasteiger partial charge is 0.392 e. The molecule has 2 N–H and O–H groups in total. The third kappa shape index (κ3) is 1.35. The summed E-state index contributed by atoms with van der Waals surface area (Å²) in [4.78, 5) is 11.4. The summed E-state index contributed by atoms with van der Waals surface area (Å²) in [7, 11) is 0. The lowest BCUT2D eigenvalue weighted by Gasteiger charge is -2.07. The number of benzene rings is 1. The van der Waals surface area contributed by atoms with Gasteiger partial charge in [0.2, 0.25) is 0 Å². The average molecular weight is 192 g/mol. The van der Waals surface area contributed by atoms with Crippen LogP contribution in [-0.2, 0) is 19.6 Å². The molecule has 0 saturated heterocycles. The topological polar surface area (TPSA) is 57.5 Å². The number of aliphatic hydroxyl groups excluding tert-OH is 2. The molecule has 0 radical (unpaired) electrons. The van der Waals surface area contributed by atoms with Gasteiger partial charge in [0.1, 0.15) is 0 Å². The van der Waals surface area contributed by atoms with Crippen molar-refractivity contribution in [3.63, 3.8) is 0 Å².